The topological polar surface area (TPSA) is 42.2 Å². The molecule has 0 fully saturated rings. The van der Waals surface area contributed by atoms with Gasteiger partial charge in [0, 0.05) is 16.9 Å². The van der Waals surface area contributed by atoms with Crippen molar-refractivity contribution in [3.8, 4) is 0 Å². The van der Waals surface area contributed by atoms with Gasteiger partial charge in [0.1, 0.15) is 0 Å². The van der Waals surface area contributed by atoms with Crippen LogP contribution >= 0.6 is 22.9 Å². The monoisotopic (exact) mass is 267 g/mol. The van der Waals surface area contributed by atoms with Crippen LogP contribution in [0.1, 0.15) is 10.6 Å². The summed E-state index contributed by atoms with van der Waals surface area (Å²) >= 11 is 7.55. The van der Waals surface area contributed by atoms with Crippen LogP contribution in [0.4, 0.5) is 11.4 Å². The summed E-state index contributed by atoms with van der Waals surface area (Å²) in [7, 11) is 2.01. The van der Waals surface area contributed by atoms with E-state index in [9.17, 15) is 0 Å². The van der Waals surface area contributed by atoms with Crippen molar-refractivity contribution in [2.45, 2.75) is 13.5 Å². The summed E-state index contributed by atoms with van der Waals surface area (Å²) < 4.78 is 0. The maximum Gasteiger partial charge on any atom is 0.0798 e. The average molecular weight is 268 g/mol. The number of rotatable bonds is 3. The second kappa shape index (κ2) is 4.94. The smallest absolute Gasteiger partial charge is 0.0798 e. The molecule has 5 heteroatoms. The Morgan fingerprint density at radius 3 is 2.82 bits per heavy atom. The highest BCUT2D eigenvalue weighted by atomic mass is 35.5. The van der Waals surface area contributed by atoms with Gasteiger partial charge in [-0.25, -0.2) is 4.98 Å². The molecule has 0 aliphatic rings. The molecular weight excluding hydrogens is 254 g/mol. The van der Waals surface area contributed by atoms with Crippen molar-refractivity contribution in [2.24, 2.45) is 0 Å². The summed E-state index contributed by atoms with van der Waals surface area (Å²) in [5.41, 5.74) is 10.6. The molecule has 0 radical (unpaired) electrons. The van der Waals surface area contributed by atoms with Gasteiger partial charge < -0.3 is 10.6 Å². The Morgan fingerprint density at radius 2 is 2.24 bits per heavy atom. The highest BCUT2D eigenvalue weighted by Gasteiger charge is 2.09. The summed E-state index contributed by atoms with van der Waals surface area (Å²) in [4.78, 5) is 7.59. The summed E-state index contributed by atoms with van der Waals surface area (Å²) in [6.45, 7) is 2.83. The van der Waals surface area contributed by atoms with Gasteiger partial charge in [0.2, 0.25) is 0 Å². The molecule has 0 atom stereocenters. The maximum atomic E-state index is 5.95. The SMILES string of the molecule is Cc1ncsc1CN(C)c1ccc(Cl)cc1N. The van der Waals surface area contributed by atoms with Crippen molar-refractivity contribution in [1.82, 2.24) is 4.98 Å². The molecule has 0 amide bonds. The van der Waals surface area contributed by atoms with Crippen molar-refractivity contribution in [1.29, 1.82) is 0 Å². The lowest BCUT2D eigenvalue weighted by atomic mass is 10.2. The standard InChI is InChI=1S/C12H14ClN3S/c1-8-12(17-7-15-8)6-16(2)11-4-3-9(13)5-10(11)14/h3-5,7H,6,14H2,1-2H3. The van der Waals surface area contributed by atoms with Crippen molar-refractivity contribution < 1.29 is 0 Å². The number of nitrogens with zero attached hydrogens (tertiary/aromatic N) is 2. The second-order valence-electron chi connectivity index (χ2n) is 3.92. The van der Waals surface area contributed by atoms with E-state index >= 15 is 0 Å². The van der Waals surface area contributed by atoms with Crippen LogP contribution in [0.3, 0.4) is 0 Å². The Hall–Kier alpha value is -1.26. The Labute approximate surface area is 110 Å². The van der Waals surface area contributed by atoms with Gasteiger partial charge in [-0.1, -0.05) is 11.6 Å². The van der Waals surface area contributed by atoms with Crippen LogP contribution in [0.25, 0.3) is 0 Å². The van der Waals surface area contributed by atoms with Gasteiger partial charge in [0.25, 0.3) is 0 Å². The predicted molar refractivity (Wildman–Crippen MR) is 74.8 cm³/mol. The number of nitrogens with two attached hydrogens (primary N) is 1. The lowest BCUT2D eigenvalue weighted by Crippen LogP contribution is -2.17. The Morgan fingerprint density at radius 1 is 1.47 bits per heavy atom. The lowest BCUT2D eigenvalue weighted by molar-refractivity contribution is 0.928. The normalized spacial score (nSPS) is 10.5. The fourth-order valence-electron chi connectivity index (χ4n) is 1.65. The molecule has 2 N–H and O–H groups in total. The first-order valence-corrected chi connectivity index (χ1v) is 6.49. The highest BCUT2D eigenvalue weighted by molar-refractivity contribution is 7.09. The van der Waals surface area contributed by atoms with E-state index in [1.165, 1.54) is 4.88 Å². The summed E-state index contributed by atoms with van der Waals surface area (Å²) in [6, 6.07) is 5.56. The summed E-state index contributed by atoms with van der Waals surface area (Å²) in [5, 5.41) is 0.661. The minimum atomic E-state index is 0.661. The first-order valence-electron chi connectivity index (χ1n) is 5.23. The molecule has 17 heavy (non-hydrogen) atoms. The first-order chi connectivity index (χ1) is 8.08. The molecule has 2 rings (SSSR count). The fraction of sp³-hybridized carbons (Fsp3) is 0.250. The van der Waals surface area contributed by atoms with Crippen molar-refractivity contribution in [3.05, 3.63) is 39.3 Å². The van der Waals surface area contributed by atoms with Gasteiger partial charge in [-0.3, -0.25) is 0 Å². The van der Waals surface area contributed by atoms with Crippen LogP contribution in [0.15, 0.2) is 23.7 Å². The number of thiazole rings is 1. The molecule has 0 unspecified atom stereocenters. The van der Waals surface area contributed by atoms with Crippen LogP contribution in [0.5, 0.6) is 0 Å². The minimum absolute atomic E-state index is 0.661. The number of hydrogen-bond acceptors (Lipinski definition) is 4. The van der Waals surface area contributed by atoms with Gasteiger partial charge in [-0.2, -0.15) is 0 Å². The summed E-state index contributed by atoms with van der Waals surface area (Å²) in [6.07, 6.45) is 0. The van der Waals surface area contributed by atoms with Gasteiger partial charge in [0.15, 0.2) is 0 Å². The number of benzene rings is 1. The van der Waals surface area contributed by atoms with Crippen LogP contribution in [-0.4, -0.2) is 12.0 Å². The average Bonchev–Trinajstić information content (AvgIpc) is 2.64. The van der Waals surface area contributed by atoms with Crippen LogP contribution in [-0.2, 0) is 6.54 Å². The third kappa shape index (κ3) is 2.70. The second-order valence-corrected chi connectivity index (χ2v) is 5.30. The van der Waals surface area contributed by atoms with E-state index in [-0.39, 0.29) is 0 Å². The quantitative estimate of drug-likeness (QED) is 0.868. The Kier molecular flexibility index (Phi) is 3.54. The fourth-order valence-corrected chi connectivity index (χ4v) is 2.66. The molecule has 1 aromatic carbocycles. The molecule has 3 nitrogen and oxygen atoms in total. The third-order valence-corrected chi connectivity index (χ3v) is 3.78. The van der Waals surface area contributed by atoms with Gasteiger partial charge >= 0.3 is 0 Å². The number of anilines is 2. The molecular formula is C12H14ClN3S. The van der Waals surface area contributed by atoms with E-state index in [0.29, 0.717) is 10.7 Å². The molecule has 0 aliphatic carbocycles. The zero-order chi connectivity index (χ0) is 12.4. The summed E-state index contributed by atoms with van der Waals surface area (Å²) in [5.74, 6) is 0. The zero-order valence-electron chi connectivity index (χ0n) is 9.77. The van der Waals surface area contributed by atoms with Gasteiger partial charge in [0.05, 0.1) is 29.1 Å². The van der Waals surface area contributed by atoms with E-state index in [4.69, 9.17) is 17.3 Å². The van der Waals surface area contributed by atoms with E-state index in [0.717, 1.165) is 17.9 Å². The highest BCUT2D eigenvalue weighted by Crippen LogP contribution is 2.27. The van der Waals surface area contributed by atoms with E-state index < -0.39 is 0 Å². The number of nitrogen functional groups attached to an aromatic ring is 1. The van der Waals surface area contributed by atoms with E-state index in [2.05, 4.69) is 9.88 Å². The molecule has 2 aromatic rings. The maximum absolute atomic E-state index is 5.95. The van der Waals surface area contributed by atoms with Crippen LogP contribution < -0.4 is 10.6 Å². The molecule has 0 saturated carbocycles. The largest absolute Gasteiger partial charge is 0.397 e. The molecule has 0 bridgehead atoms. The Balaban J connectivity index is 2.20. The zero-order valence-corrected chi connectivity index (χ0v) is 11.3. The lowest BCUT2D eigenvalue weighted by Gasteiger charge is -2.20. The number of aryl methyl sites for hydroxylation is 1. The molecule has 0 saturated heterocycles. The molecule has 1 heterocycles. The number of aromatic nitrogens is 1. The first kappa shape index (κ1) is 12.2. The van der Waals surface area contributed by atoms with Crippen LogP contribution in [0, 0.1) is 6.92 Å². The number of halogens is 1. The van der Waals surface area contributed by atoms with E-state index in [1.807, 2.05) is 31.6 Å². The van der Waals surface area contributed by atoms with E-state index in [1.54, 1.807) is 17.4 Å². The predicted octanol–water partition coefficient (Wildman–Crippen LogP) is 3.32. The molecule has 0 spiro atoms. The van der Waals surface area contributed by atoms with Crippen molar-refractivity contribution in [3.63, 3.8) is 0 Å². The molecule has 0 aliphatic heterocycles. The van der Waals surface area contributed by atoms with Gasteiger partial charge in [-0.15, -0.1) is 11.3 Å². The minimum Gasteiger partial charge on any atom is -0.397 e. The van der Waals surface area contributed by atoms with Crippen molar-refractivity contribution >= 4 is 34.3 Å². The van der Waals surface area contributed by atoms with Crippen molar-refractivity contribution in [2.75, 3.05) is 17.7 Å². The third-order valence-electron chi connectivity index (χ3n) is 2.63. The number of hydrogen-bond donors (Lipinski definition) is 1. The Bertz CT molecular complexity index is 524. The van der Waals surface area contributed by atoms with Gasteiger partial charge in [-0.05, 0) is 25.1 Å². The molecule has 1 aromatic heterocycles. The van der Waals surface area contributed by atoms with Crippen LogP contribution in [0.2, 0.25) is 5.02 Å². The molecule has 90 valence electrons.